The van der Waals surface area contributed by atoms with E-state index in [4.69, 9.17) is 9.26 Å². The summed E-state index contributed by atoms with van der Waals surface area (Å²) >= 11 is 0. The second kappa shape index (κ2) is 5.67. The number of nitrogens with one attached hydrogen (secondary N) is 1. The number of nitrogens with zero attached hydrogens (tertiary/aromatic N) is 1. The van der Waals surface area contributed by atoms with Gasteiger partial charge in [0.2, 0.25) is 5.91 Å². The molecule has 1 aliphatic rings. The lowest BCUT2D eigenvalue weighted by molar-refractivity contribution is -0.116. The van der Waals surface area contributed by atoms with Crippen LogP contribution in [0.3, 0.4) is 0 Å². The zero-order valence-electron chi connectivity index (χ0n) is 13.6. The topological polar surface area (TPSA) is 64.4 Å². The van der Waals surface area contributed by atoms with Crippen LogP contribution in [0.25, 0.3) is 11.0 Å². The fraction of sp³-hybridized carbons (Fsp3) is 0.263. The zero-order valence-corrected chi connectivity index (χ0v) is 13.6. The van der Waals surface area contributed by atoms with E-state index in [0.717, 1.165) is 39.2 Å². The molecule has 0 bridgehead atoms. The Labute approximate surface area is 139 Å². The molecule has 0 saturated carbocycles. The van der Waals surface area contributed by atoms with Crippen molar-refractivity contribution in [2.75, 3.05) is 11.9 Å². The molecule has 0 spiro atoms. The molecular formula is C19H18N2O3. The summed E-state index contributed by atoms with van der Waals surface area (Å²) in [5.74, 6) is 0.800. The molecule has 0 aliphatic carbocycles. The van der Waals surface area contributed by atoms with Crippen LogP contribution in [0.1, 0.15) is 36.1 Å². The predicted octanol–water partition coefficient (Wildman–Crippen LogP) is 4.01. The van der Waals surface area contributed by atoms with Crippen molar-refractivity contribution in [2.45, 2.75) is 26.2 Å². The molecule has 0 fully saturated rings. The van der Waals surface area contributed by atoms with Crippen molar-refractivity contribution in [1.29, 1.82) is 0 Å². The van der Waals surface area contributed by atoms with Crippen molar-refractivity contribution < 1.29 is 14.1 Å². The number of benzene rings is 2. The van der Waals surface area contributed by atoms with Crippen LogP contribution in [-0.2, 0) is 4.79 Å². The van der Waals surface area contributed by atoms with Gasteiger partial charge >= 0.3 is 0 Å². The number of rotatable bonds is 3. The number of aromatic nitrogens is 1. The highest BCUT2D eigenvalue weighted by molar-refractivity contribution is 5.96. The van der Waals surface area contributed by atoms with Gasteiger partial charge < -0.3 is 14.6 Å². The number of hydrogen-bond acceptors (Lipinski definition) is 4. The zero-order chi connectivity index (χ0) is 16.7. The number of carbonyl (C=O) groups excluding carboxylic acids is 1. The maximum absolute atomic E-state index is 12.2. The highest BCUT2D eigenvalue weighted by Crippen LogP contribution is 2.39. The molecule has 0 saturated heterocycles. The average molecular weight is 322 g/mol. The lowest BCUT2D eigenvalue weighted by Crippen LogP contribution is -2.23. The maximum atomic E-state index is 12.2. The number of anilines is 1. The van der Waals surface area contributed by atoms with E-state index < -0.39 is 0 Å². The normalized spacial score (nSPS) is 16.8. The molecule has 1 atom stereocenters. The molecule has 3 aromatic rings. The highest BCUT2D eigenvalue weighted by atomic mass is 16.5. The van der Waals surface area contributed by atoms with Crippen LogP contribution in [0.4, 0.5) is 5.69 Å². The smallest absolute Gasteiger partial charge is 0.225 e. The third kappa shape index (κ3) is 2.42. The van der Waals surface area contributed by atoms with E-state index in [-0.39, 0.29) is 11.8 Å². The van der Waals surface area contributed by atoms with Gasteiger partial charge in [-0.25, -0.2) is 0 Å². The van der Waals surface area contributed by atoms with E-state index in [1.165, 1.54) is 0 Å². The lowest BCUT2D eigenvalue weighted by atomic mass is 9.84. The average Bonchev–Trinajstić information content (AvgIpc) is 2.95. The molecule has 122 valence electrons. The Morgan fingerprint density at radius 1 is 1.29 bits per heavy atom. The van der Waals surface area contributed by atoms with Crippen LogP contribution in [0.15, 0.2) is 40.9 Å². The molecule has 1 aromatic heterocycles. The number of carbonyl (C=O) groups is 1. The Morgan fingerprint density at radius 2 is 2.17 bits per heavy atom. The van der Waals surface area contributed by atoms with Gasteiger partial charge in [-0.05, 0) is 43.2 Å². The van der Waals surface area contributed by atoms with Gasteiger partial charge in [0, 0.05) is 29.5 Å². The molecule has 0 radical (unpaired) electrons. The quantitative estimate of drug-likeness (QED) is 0.791. The molecule has 5 heteroatoms. The van der Waals surface area contributed by atoms with Gasteiger partial charge in [0.05, 0.1) is 12.3 Å². The summed E-state index contributed by atoms with van der Waals surface area (Å²) in [4.78, 5) is 12.2. The number of aryl methyl sites for hydroxylation is 1. The van der Waals surface area contributed by atoms with Crippen LogP contribution in [-0.4, -0.2) is 17.7 Å². The van der Waals surface area contributed by atoms with Crippen LogP contribution >= 0.6 is 0 Å². The largest absolute Gasteiger partial charge is 0.494 e. The molecular weight excluding hydrogens is 304 g/mol. The highest BCUT2D eigenvalue weighted by Gasteiger charge is 2.27. The fourth-order valence-corrected chi connectivity index (χ4v) is 3.29. The Hall–Kier alpha value is -2.82. The first-order valence-electron chi connectivity index (χ1n) is 8.08. The molecule has 24 heavy (non-hydrogen) atoms. The van der Waals surface area contributed by atoms with Crippen LogP contribution < -0.4 is 10.1 Å². The SMILES string of the molecule is CCOc1ccc2c(c1)NC(=O)C[C@H]2c1ccc2onc(C)c2c1. The van der Waals surface area contributed by atoms with Crippen LogP contribution in [0.5, 0.6) is 5.75 Å². The number of ether oxygens (including phenoxy) is 1. The first kappa shape index (κ1) is 14.8. The monoisotopic (exact) mass is 322 g/mol. The van der Waals surface area contributed by atoms with E-state index >= 15 is 0 Å². The molecule has 4 rings (SSSR count). The van der Waals surface area contributed by atoms with E-state index in [9.17, 15) is 4.79 Å². The van der Waals surface area contributed by atoms with Gasteiger partial charge in [-0.1, -0.05) is 17.3 Å². The number of amides is 1. The summed E-state index contributed by atoms with van der Waals surface area (Å²) in [7, 11) is 0. The number of fused-ring (bicyclic) bond motifs is 2. The van der Waals surface area contributed by atoms with Gasteiger partial charge in [-0.15, -0.1) is 0 Å². The first-order valence-corrected chi connectivity index (χ1v) is 8.08. The predicted molar refractivity (Wildman–Crippen MR) is 91.4 cm³/mol. The second-order valence-electron chi connectivity index (χ2n) is 6.01. The van der Waals surface area contributed by atoms with Gasteiger partial charge in [-0.3, -0.25) is 4.79 Å². The van der Waals surface area contributed by atoms with Crippen molar-refractivity contribution in [3.63, 3.8) is 0 Å². The van der Waals surface area contributed by atoms with Gasteiger partial charge in [0.25, 0.3) is 0 Å². The fourth-order valence-electron chi connectivity index (χ4n) is 3.29. The summed E-state index contributed by atoms with van der Waals surface area (Å²) in [6, 6.07) is 11.9. The van der Waals surface area contributed by atoms with Gasteiger partial charge in [0.15, 0.2) is 5.58 Å². The Kier molecular flexibility index (Phi) is 3.49. The Morgan fingerprint density at radius 3 is 3.00 bits per heavy atom. The molecule has 1 amide bonds. The van der Waals surface area contributed by atoms with E-state index in [1.807, 2.05) is 44.2 Å². The first-order chi connectivity index (χ1) is 11.7. The molecule has 5 nitrogen and oxygen atoms in total. The molecule has 0 unspecified atom stereocenters. The number of hydrogen-bond donors (Lipinski definition) is 1. The van der Waals surface area contributed by atoms with Gasteiger partial charge in [-0.2, -0.15) is 0 Å². The maximum Gasteiger partial charge on any atom is 0.225 e. The third-order valence-corrected chi connectivity index (χ3v) is 4.45. The minimum Gasteiger partial charge on any atom is -0.494 e. The second-order valence-corrected chi connectivity index (χ2v) is 6.01. The van der Waals surface area contributed by atoms with Crippen molar-refractivity contribution >= 4 is 22.6 Å². The van der Waals surface area contributed by atoms with E-state index in [2.05, 4.69) is 16.5 Å². The Balaban J connectivity index is 1.80. The van der Waals surface area contributed by atoms with Crippen molar-refractivity contribution in [1.82, 2.24) is 5.16 Å². The van der Waals surface area contributed by atoms with Crippen molar-refractivity contribution in [3.8, 4) is 5.75 Å². The van der Waals surface area contributed by atoms with E-state index in [1.54, 1.807) is 0 Å². The van der Waals surface area contributed by atoms with Gasteiger partial charge in [0.1, 0.15) is 5.75 Å². The Bertz CT molecular complexity index is 930. The van der Waals surface area contributed by atoms with Crippen LogP contribution in [0.2, 0.25) is 0 Å². The van der Waals surface area contributed by atoms with Crippen molar-refractivity contribution in [2.24, 2.45) is 0 Å². The minimum absolute atomic E-state index is 0.0168. The van der Waals surface area contributed by atoms with E-state index in [0.29, 0.717) is 13.0 Å². The molecule has 1 aliphatic heterocycles. The van der Waals surface area contributed by atoms with Crippen molar-refractivity contribution in [3.05, 3.63) is 53.2 Å². The standard InChI is InChI=1S/C19H18N2O3/c1-3-23-13-5-6-14-16(10-19(22)20-17(14)9-13)12-4-7-18-15(8-12)11(2)21-24-18/h4-9,16H,3,10H2,1-2H3,(H,20,22)/t16-/m0/s1. The summed E-state index contributed by atoms with van der Waals surface area (Å²) < 4.78 is 10.8. The summed E-state index contributed by atoms with van der Waals surface area (Å²) in [6.45, 7) is 4.46. The lowest BCUT2D eigenvalue weighted by Gasteiger charge is -2.26. The molecule has 2 aromatic carbocycles. The summed E-state index contributed by atoms with van der Waals surface area (Å²) in [5.41, 5.74) is 4.65. The third-order valence-electron chi connectivity index (χ3n) is 4.45. The summed E-state index contributed by atoms with van der Waals surface area (Å²) in [5, 5.41) is 7.95. The molecule has 1 N–H and O–H groups in total. The summed E-state index contributed by atoms with van der Waals surface area (Å²) in [6.07, 6.45) is 0.427. The van der Waals surface area contributed by atoms with Crippen LogP contribution in [0, 0.1) is 6.92 Å². The minimum atomic E-state index is 0.0168. The molecule has 2 heterocycles.